The third-order valence-corrected chi connectivity index (χ3v) is 8.57. The van der Waals surface area contributed by atoms with Crippen LogP contribution in [0.3, 0.4) is 0 Å². The van der Waals surface area contributed by atoms with E-state index in [2.05, 4.69) is 46.4 Å². The molecule has 39 heavy (non-hydrogen) atoms. The van der Waals surface area contributed by atoms with Gasteiger partial charge in [0, 0.05) is 36.1 Å². The molecule has 0 unspecified atom stereocenters. The van der Waals surface area contributed by atoms with E-state index in [9.17, 15) is 9.59 Å². The second-order valence-electron chi connectivity index (χ2n) is 11.3. The molecular weight excluding hydrogens is 482 g/mol. The van der Waals surface area contributed by atoms with Crippen molar-refractivity contribution < 1.29 is 4.79 Å². The average Bonchev–Trinajstić information content (AvgIpc) is 2.94. The number of hydrogen-bond donors (Lipinski definition) is 1. The Kier molecular flexibility index (Phi) is 9.52. The minimum atomic E-state index is -0.0457. The quantitative estimate of drug-likeness (QED) is 0.303. The van der Waals surface area contributed by atoms with Crippen LogP contribution in [0.4, 0.5) is 0 Å². The smallest absolute Gasteiger partial charge is 0.251 e. The van der Waals surface area contributed by atoms with Gasteiger partial charge in [-0.2, -0.15) is 0 Å². The van der Waals surface area contributed by atoms with Crippen LogP contribution in [-0.4, -0.2) is 20.7 Å². The number of carbonyl (C=O) groups is 1. The number of benzene rings is 1. The van der Waals surface area contributed by atoms with Gasteiger partial charge in [0.1, 0.15) is 12.1 Å². The molecule has 2 aliphatic rings. The number of H-pyrrole nitrogens is 1. The summed E-state index contributed by atoms with van der Waals surface area (Å²) in [5.41, 5.74) is 7.32. The maximum Gasteiger partial charge on any atom is 0.251 e. The van der Waals surface area contributed by atoms with Crippen molar-refractivity contribution in [3.63, 3.8) is 0 Å². The Morgan fingerprint density at radius 1 is 0.923 bits per heavy atom. The summed E-state index contributed by atoms with van der Waals surface area (Å²) in [6.45, 7) is 0. The highest BCUT2D eigenvalue weighted by atomic mass is 16.1. The van der Waals surface area contributed by atoms with Gasteiger partial charge in [-0.15, -0.1) is 0 Å². The number of pyridine rings is 1. The summed E-state index contributed by atoms with van der Waals surface area (Å²) in [6.07, 6.45) is 21.8. The largest absolute Gasteiger partial charge is 0.329 e. The van der Waals surface area contributed by atoms with Gasteiger partial charge in [0.05, 0.1) is 11.4 Å². The van der Waals surface area contributed by atoms with Gasteiger partial charge >= 0.3 is 0 Å². The molecule has 0 atom stereocenters. The summed E-state index contributed by atoms with van der Waals surface area (Å²) in [5, 5.41) is 0. The van der Waals surface area contributed by atoms with E-state index in [-0.39, 0.29) is 5.56 Å². The van der Waals surface area contributed by atoms with Gasteiger partial charge in [0.2, 0.25) is 0 Å². The van der Waals surface area contributed by atoms with Gasteiger partial charge in [0.15, 0.2) is 0 Å². The lowest BCUT2D eigenvalue weighted by Crippen LogP contribution is -2.13. The molecule has 0 aliphatic heterocycles. The van der Waals surface area contributed by atoms with Crippen LogP contribution in [-0.2, 0) is 24.1 Å². The number of carbonyl (C=O) groups excluding carboxylic acids is 1. The zero-order chi connectivity index (χ0) is 26.9. The first kappa shape index (κ1) is 27.2. The molecule has 2 aliphatic carbocycles. The lowest BCUT2D eigenvalue weighted by Gasteiger charge is -2.26. The number of fused-ring (bicyclic) bond motifs is 1. The second kappa shape index (κ2) is 13.6. The van der Waals surface area contributed by atoms with Crippen molar-refractivity contribution in [3.8, 4) is 0 Å². The molecule has 1 fully saturated rings. The first-order chi connectivity index (χ1) is 19.2. The molecule has 0 spiro atoms. The van der Waals surface area contributed by atoms with E-state index in [1.807, 2.05) is 12.1 Å². The topological polar surface area (TPSA) is 75.7 Å². The highest BCUT2D eigenvalue weighted by Crippen LogP contribution is 2.38. The van der Waals surface area contributed by atoms with Crippen molar-refractivity contribution in [2.75, 3.05) is 0 Å². The Hall–Kier alpha value is -3.34. The predicted molar refractivity (Wildman–Crippen MR) is 157 cm³/mol. The number of allylic oxidation sites excluding steroid dienone is 1. The minimum absolute atomic E-state index is 0.0457. The number of aromatic nitrogens is 3. The summed E-state index contributed by atoms with van der Waals surface area (Å²) in [4.78, 5) is 36.2. The molecule has 5 rings (SSSR count). The normalized spacial score (nSPS) is 19.2. The van der Waals surface area contributed by atoms with Crippen molar-refractivity contribution in [2.45, 2.75) is 102 Å². The summed E-state index contributed by atoms with van der Waals surface area (Å²) in [5.74, 6) is 1.46. The Bertz CT molecular complexity index is 1330. The van der Waals surface area contributed by atoms with E-state index in [0.717, 1.165) is 37.7 Å². The van der Waals surface area contributed by atoms with Crippen molar-refractivity contribution in [2.24, 2.45) is 0 Å². The van der Waals surface area contributed by atoms with Gasteiger partial charge < -0.3 is 4.98 Å². The lowest BCUT2D eigenvalue weighted by molar-refractivity contribution is -0.119. The van der Waals surface area contributed by atoms with Gasteiger partial charge in [-0.3, -0.25) is 9.59 Å². The molecule has 2 aromatic heterocycles. The van der Waals surface area contributed by atoms with Crippen LogP contribution >= 0.6 is 0 Å². The van der Waals surface area contributed by atoms with Crippen LogP contribution in [0, 0.1) is 0 Å². The van der Waals surface area contributed by atoms with Crippen LogP contribution in [0.1, 0.15) is 116 Å². The van der Waals surface area contributed by atoms with Gasteiger partial charge in [-0.05, 0) is 87.3 Å². The van der Waals surface area contributed by atoms with Gasteiger partial charge in [-0.25, -0.2) is 9.97 Å². The zero-order valence-corrected chi connectivity index (χ0v) is 23.0. The summed E-state index contributed by atoms with van der Waals surface area (Å²) >= 11 is 0. The minimum Gasteiger partial charge on any atom is -0.329 e. The number of ketones is 1. The van der Waals surface area contributed by atoms with E-state index < -0.39 is 0 Å². The van der Waals surface area contributed by atoms with Crippen LogP contribution in [0.2, 0.25) is 0 Å². The third-order valence-electron chi connectivity index (χ3n) is 8.57. The molecule has 1 saturated carbocycles. The fourth-order valence-electron chi connectivity index (χ4n) is 6.44. The molecule has 5 heteroatoms. The molecule has 0 bridgehead atoms. The number of Topliss-reactive ketones (excluding diaryl/α,β-unsaturated/α-hetero) is 1. The Morgan fingerprint density at radius 3 is 2.54 bits per heavy atom. The standard InChI is InChI=1S/C34H41N3O2/c38-30(19-7-15-28-17-8-22-35-34(28)39)18-4-10-25-9-3-16-29(23-25)26-11-5-13-27(14-6-12-26)33-31-20-1-2-21-32(31)36-24-37-33/h1,3,8-9,16-17,20,22-24,26-27H,2,4-7,10-15,18-19,21H2,(H,35,39). The number of aromatic amines is 1. The lowest BCUT2D eigenvalue weighted by atomic mass is 9.80. The van der Waals surface area contributed by atoms with Gasteiger partial charge in [-0.1, -0.05) is 55.3 Å². The van der Waals surface area contributed by atoms with E-state index in [4.69, 9.17) is 4.98 Å². The first-order valence-corrected chi connectivity index (χ1v) is 14.9. The van der Waals surface area contributed by atoms with E-state index in [1.165, 1.54) is 66.6 Å². The molecule has 0 saturated heterocycles. The number of aryl methyl sites for hydroxylation is 3. The molecule has 1 N–H and O–H groups in total. The average molecular weight is 524 g/mol. The second-order valence-corrected chi connectivity index (χ2v) is 11.3. The third kappa shape index (κ3) is 7.40. The monoisotopic (exact) mass is 523 g/mol. The predicted octanol–water partition coefficient (Wildman–Crippen LogP) is 7.26. The highest BCUT2D eigenvalue weighted by Gasteiger charge is 2.23. The SMILES string of the molecule is O=C(CCCc1cccc(C2CCCC(c3ncnc4c3C=CCC4)CCC2)c1)CCCc1ccc[nH]c1=O. The number of rotatable bonds is 10. The maximum absolute atomic E-state index is 12.4. The van der Waals surface area contributed by atoms with E-state index in [1.54, 1.807) is 12.5 Å². The summed E-state index contributed by atoms with van der Waals surface area (Å²) in [6, 6.07) is 12.8. The van der Waals surface area contributed by atoms with Crippen LogP contribution in [0.25, 0.3) is 6.08 Å². The molecule has 1 aromatic carbocycles. The van der Waals surface area contributed by atoms with Crippen molar-refractivity contribution >= 4 is 11.9 Å². The molecule has 204 valence electrons. The zero-order valence-electron chi connectivity index (χ0n) is 23.0. The number of hydrogen-bond acceptors (Lipinski definition) is 4. The molecule has 0 amide bonds. The molecule has 0 radical (unpaired) electrons. The Balaban J connectivity index is 1.08. The Labute approximate surface area is 232 Å². The molecule has 3 aromatic rings. The van der Waals surface area contributed by atoms with E-state index >= 15 is 0 Å². The summed E-state index contributed by atoms with van der Waals surface area (Å²) in [7, 11) is 0. The van der Waals surface area contributed by atoms with Crippen molar-refractivity contribution in [3.05, 3.63) is 99.0 Å². The van der Waals surface area contributed by atoms with Crippen molar-refractivity contribution in [1.29, 1.82) is 0 Å². The van der Waals surface area contributed by atoms with Crippen LogP contribution < -0.4 is 5.56 Å². The summed E-state index contributed by atoms with van der Waals surface area (Å²) < 4.78 is 0. The van der Waals surface area contributed by atoms with Crippen LogP contribution in [0.15, 0.2) is 59.8 Å². The number of nitrogens with one attached hydrogen (secondary N) is 1. The van der Waals surface area contributed by atoms with Crippen LogP contribution in [0.5, 0.6) is 0 Å². The van der Waals surface area contributed by atoms with Crippen molar-refractivity contribution in [1.82, 2.24) is 15.0 Å². The fourth-order valence-corrected chi connectivity index (χ4v) is 6.44. The molecule has 5 nitrogen and oxygen atoms in total. The fraction of sp³-hybridized carbons (Fsp3) is 0.471. The molecular formula is C34H41N3O2. The maximum atomic E-state index is 12.4. The number of nitrogens with zero attached hydrogens (tertiary/aromatic N) is 2. The Morgan fingerprint density at radius 2 is 1.72 bits per heavy atom. The van der Waals surface area contributed by atoms with E-state index in [0.29, 0.717) is 36.9 Å². The first-order valence-electron chi connectivity index (χ1n) is 14.9. The van der Waals surface area contributed by atoms with Gasteiger partial charge in [0.25, 0.3) is 5.56 Å². The highest BCUT2D eigenvalue weighted by molar-refractivity contribution is 5.78. The molecule has 2 heterocycles.